The molecule has 0 aliphatic rings. The van der Waals surface area contributed by atoms with E-state index in [4.69, 9.17) is 0 Å². The van der Waals surface area contributed by atoms with E-state index < -0.39 is 0 Å². The van der Waals surface area contributed by atoms with Crippen molar-refractivity contribution in [3.63, 3.8) is 0 Å². The number of fused-ring (bicyclic) bond motifs is 1. The first-order valence-electron chi connectivity index (χ1n) is 4.66. The molecule has 0 saturated heterocycles. The van der Waals surface area contributed by atoms with Crippen molar-refractivity contribution in [1.82, 2.24) is 4.98 Å². The Morgan fingerprint density at radius 1 is 1.14 bits per heavy atom. The van der Waals surface area contributed by atoms with Crippen molar-refractivity contribution < 1.29 is 0 Å². The zero-order valence-corrected chi connectivity index (χ0v) is 10.1. The van der Waals surface area contributed by atoms with Crippen LogP contribution in [0.2, 0.25) is 0 Å². The van der Waals surface area contributed by atoms with Crippen LogP contribution in [0.15, 0.2) is 36.4 Å². The van der Waals surface area contributed by atoms with Crippen molar-refractivity contribution in [1.29, 1.82) is 0 Å². The van der Waals surface area contributed by atoms with Gasteiger partial charge in [0, 0.05) is 16.4 Å². The van der Waals surface area contributed by atoms with Crippen LogP contribution >= 0.6 is 15.9 Å². The molecule has 0 saturated carbocycles. The number of para-hydroxylation sites is 1. The molecule has 74 valence electrons. The SMILES string of the molecule is CCBr.Cc1ccc2ccccc2n1. The quantitative estimate of drug-likeness (QED) is 0.647. The Labute approximate surface area is 93.3 Å². The first-order chi connectivity index (χ1) is 6.77. The summed E-state index contributed by atoms with van der Waals surface area (Å²) < 4.78 is 0. The van der Waals surface area contributed by atoms with Gasteiger partial charge in [0.25, 0.3) is 0 Å². The fraction of sp³-hybridized carbons (Fsp3) is 0.250. The second kappa shape index (κ2) is 5.76. The van der Waals surface area contributed by atoms with Crippen LogP contribution in [0.25, 0.3) is 10.9 Å². The van der Waals surface area contributed by atoms with Crippen molar-refractivity contribution in [2.75, 3.05) is 5.33 Å². The highest BCUT2D eigenvalue weighted by Gasteiger charge is 1.90. The maximum absolute atomic E-state index is 4.38. The topological polar surface area (TPSA) is 12.9 Å². The fourth-order valence-electron chi connectivity index (χ4n) is 1.17. The number of pyridine rings is 1. The first kappa shape index (κ1) is 11.2. The third-order valence-corrected chi connectivity index (χ3v) is 1.74. The van der Waals surface area contributed by atoms with E-state index >= 15 is 0 Å². The number of alkyl halides is 1. The molecule has 0 atom stereocenters. The van der Waals surface area contributed by atoms with Gasteiger partial charge in [-0.05, 0) is 19.1 Å². The van der Waals surface area contributed by atoms with Crippen molar-refractivity contribution >= 4 is 26.8 Å². The molecule has 0 aliphatic heterocycles. The molecule has 2 heteroatoms. The third kappa shape index (κ3) is 3.11. The molecular weight excluding hydrogens is 238 g/mol. The molecule has 0 N–H and O–H groups in total. The Hall–Kier alpha value is -0.890. The Morgan fingerprint density at radius 3 is 2.50 bits per heavy atom. The highest BCUT2D eigenvalue weighted by molar-refractivity contribution is 9.09. The molecule has 2 rings (SSSR count). The molecule has 0 fully saturated rings. The monoisotopic (exact) mass is 251 g/mol. The van der Waals surface area contributed by atoms with Gasteiger partial charge in [0.2, 0.25) is 0 Å². The lowest BCUT2D eigenvalue weighted by Gasteiger charge is -1.95. The second-order valence-electron chi connectivity index (χ2n) is 2.91. The van der Waals surface area contributed by atoms with Gasteiger partial charge in [-0.25, -0.2) is 0 Å². The summed E-state index contributed by atoms with van der Waals surface area (Å²) in [6.45, 7) is 4.05. The number of hydrogen-bond acceptors (Lipinski definition) is 1. The smallest absolute Gasteiger partial charge is 0.0705 e. The van der Waals surface area contributed by atoms with Crippen LogP contribution in [0.3, 0.4) is 0 Å². The zero-order valence-electron chi connectivity index (χ0n) is 8.50. The lowest BCUT2D eigenvalue weighted by Crippen LogP contribution is -1.80. The molecular formula is C12H14BrN. The van der Waals surface area contributed by atoms with Crippen LogP contribution < -0.4 is 0 Å². The van der Waals surface area contributed by atoms with Crippen LogP contribution in [0.4, 0.5) is 0 Å². The molecule has 0 spiro atoms. The lowest BCUT2D eigenvalue weighted by atomic mass is 10.2. The van der Waals surface area contributed by atoms with E-state index in [1.807, 2.05) is 38.1 Å². The number of hydrogen-bond donors (Lipinski definition) is 0. The van der Waals surface area contributed by atoms with Gasteiger partial charge in [0.1, 0.15) is 0 Å². The molecule has 1 nitrogen and oxygen atoms in total. The number of aromatic nitrogens is 1. The average molecular weight is 252 g/mol. The van der Waals surface area contributed by atoms with E-state index in [1.165, 1.54) is 5.39 Å². The predicted octanol–water partition coefficient (Wildman–Crippen LogP) is 3.94. The van der Waals surface area contributed by atoms with Gasteiger partial charge in [-0.2, -0.15) is 0 Å². The van der Waals surface area contributed by atoms with Gasteiger partial charge in [0.15, 0.2) is 0 Å². The minimum atomic E-state index is 1.06. The van der Waals surface area contributed by atoms with Crippen molar-refractivity contribution in [2.24, 2.45) is 0 Å². The first-order valence-corrected chi connectivity index (χ1v) is 5.78. The average Bonchev–Trinajstić information content (AvgIpc) is 2.19. The van der Waals surface area contributed by atoms with Gasteiger partial charge in [-0.15, -0.1) is 0 Å². The van der Waals surface area contributed by atoms with Crippen molar-refractivity contribution in [3.8, 4) is 0 Å². The molecule has 0 unspecified atom stereocenters. The Morgan fingerprint density at radius 2 is 1.79 bits per heavy atom. The standard InChI is InChI=1S/C10H9N.C2H5Br/c1-8-6-7-9-4-2-3-5-10(9)11-8;1-2-3/h2-7H,1H3;2H2,1H3. The van der Waals surface area contributed by atoms with Gasteiger partial charge in [-0.1, -0.05) is 47.1 Å². The summed E-state index contributed by atoms with van der Waals surface area (Å²) >= 11 is 3.15. The largest absolute Gasteiger partial charge is 0.253 e. The minimum absolute atomic E-state index is 1.06. The Bertz CT molecular complexity index is 398. The number of rotatable bonds is 0. The van der Waals surface area contributed by atoms with E-state index in [0.29, 0.717) is 0 Å². The lowest BCUT2D eigenvalue weighted by molar-refractivity contribution is 1.26. The maximum atomic E-state index is 4.38. The van der Waals surface area contributed by atoms with Crippen molar-refractivity contribution in [3.05, 3.63) is 42.1 Å². The molecule has 1 aromatic carbocycles. The van der Waals surface area contributed by atoms with Crippen LogP contribution in [0.1, 0.15) is 12.6 Å². The van der Waals surface area contributed by atoms with Gasteiger partial charge < -0.3 is 0 Å². The molecule has 1 heterocycles. The summed E-state index contributed by atoms with van der Waals surface area (Å²) in [6.07, 6.45) is 0. The normalized spacial score (nSPS) is 9.36. The zero-order chi connectivity index (χ0) is 10.4. The summed E-state index contributed by atoms with van der Waals surface area (Å²) in [4.78, 5) is 4.38. The van der Waals surface area contributed by atoms with Crippen LogP contribution in [-0.2, 0) is 0 Å². The van der Waals surface area contributed by atoms with Crippen molar-refractivity contribution in [2.45, 2.75) is 13.8 Å². The number of benzene rings is 1. The number of nitrogens with zero attached hydrogens (tertiary/aromatic N) is 1. The third-order valence-electron chi connectivity index (χ3n) is 1.74. The van der Waals surface area contributed by atoms with Gasteiger partial charge >= 0.3 is 0 Å². The van der Waals surface area contributed by atoms with Crippen LogP contribution in [-0.4, -0.2) is 10.3 Å². The van der Waals surface area contributed by atoms with E-state index in [0.717, 1.165) is 16.5 Å². The maximum Gasteiger partial charge on any atom is 0.0705 e. The van der Waals surface area contributed by atoms with Crippen LogP contribution in [0, 0.1) is 6.92 Å². The second-order valence-corrected chi connectivity index (χ2v) is 4.03. The molecule has 0 amide bonds. The molecule has 0 radical (unpaired) electrons. The Balaban J connectivity index is 0.000000293. The molecule has 2 aromatic rings. The van der Waals surface area contributed by atoms with Gasteiger partial charge in [-0.3, -0.25) is 4.98 Å². The highest BCUT2D eigenvalue weighted by Crippen LogP contribution is 2.10. The summed E-state index contributed by atoms with van der Waals surface area (Å²) in [5.41, 5.74) is 2.15. The van der Waals surface area contributed by atoms with Crippen LogP contribution in [0.5, 0.6) is 0 Å². The fourth-order valence-corrected chi connectivity index (χ4v) is 1.17. The highest BCUT2D eigenvalue weighted by atomic mass is 79.9. The molecule has 1 aromatic heterocycles. The van der Waals surface area contributed by atoms with E-state index in [9.17, 15) is 0 Å². The summed E-state index contributed by atoms with van der Waals surface area (Å²) in [5, 5.41) is 2.27. The molecule has 0 bridgehead atoms. The summed E-state index contributed by atoms with van der Waals surface area (Å²) in [6, 6.07) is 12.3. The number of aryl methyl sites for hydroxylation is 1. The van der Waals surface area contributed by atoms with E-state index in [1.54, 1.807) is 0 Å². The number of halogens is 1. The predicted molar refractivity (Wildman–Crippen MR) is 65.9 cm³/mol. The minimum Gasteiger partial charge on any atom is -0.253 e. The van der Waals surface area contributed by atoms with E-state index in [-0.39, 0.29) is 0 Å². The molecule has 0 aliphatic carbocycles. The summed E-state index contributed by atoms with van der Waals surface area (Å²) in [7, 11) is 0. The van der Waals surface area contributed by atoms with Gasteiger partial charge in [0.05, 0.1) is 5.52 Å². The molecule has 14 heavy (non-hydrogen) atoms. The van der Waals surface area contributed by atoms with E-state index in [2.05, 4.69) is 33.0 Å². The Kier molecular flexibility index (Phi) is 4.60. The summed E-state index contributed by atoms with van der Waals surface area (Å²) in [5.74, 6) is 0.